The molecule has 0 aromatic heterocycles. The van der Waals surface area contributed by atoms with Gasteiger partial charge in [-0.3, -0.25) is 0 Å². The molecule has 0 spiro atoms. The molecule has 3 nitrogen and oxygen atoms in total. The van der Waals surface area contributed by atoms with E-state index in [1.54, 1.807) is 0 Å². The lowest BCUT2D eigenvalue weighted by atomic mass is 9.94. The van der Waals surface area contributed by atoms with Crippen molar-refractivity contribution in [2.45, 2.75) is 77.4 Å². The molecular formula is C15H32N2O. The van der Waals surface area contributed by atoms with Crippen molar-refractivity contribution in [2.75, 3.05) is 19.7 Å². The van der Waals surface area contributed by atoms with Crippen LogP contribution in [-0.4, -0.2) is 47.3 Å². The third-order valence-electron chi connectivity index (χ3n) is 4.10. The maximum absolute atomic E-state index is 9.51. The van der Waals surface area contributed by atoms with Gasteiger partial charge < -0.3 is 15.3 Å². The van der Waals surface area contributed by atoms with Crippen molar-refractivity contribution in [1.82, 2.24) is 10.2 Å². The van der Waals surface area contributed by atoms with E-state index in [1.807, 2.05) is 0 Å². The molecule has 2 N–H and O–H groups in total. The highest BCUT2D eigenvalue weighted by molar-refractivity contribution is 4.84. The fourth-order valence-corrected chi connectivity index (χ4v) is 3.05. The van der Waals surface area contributed by atoms with Gasteiger partial charge in [0.15, 0.2) is 0 Å². The summed E-state index contributed by atoms with van der Waals surface area (Å²) < 4.78 is 0. The Morgan fingerprint density at radius 2 is 2.11 bits per heavy atom. The third-order valence-corrected chi connectivity index (χ3v) is 4.10. The van der Waals surface area contributed by atoms with E-state index in [-0.39, 0.29) is 12.1 Å². The van der Waals surface area contributed by atoms with Crippen LogP contribution in [-0.2, 0) is 0 Å². The Kier molecular flexibility index (Phi) is 6.61. The zero-order chi connectivity index (χ0) is 13.6. The highest BCUT2D eigenvalue weighted by Gasteiger charge is 2.24. The zero-order valence-electron chi connectivity index (χ0n) is 12.7. The second-order valence-corrected chi connectivity index (χ2v) is 6.50. The summed E-state index contributed by atoms with van der Waals surface area (Å²) in [5.41, 5.74) is -0.106. The van der Waals surface area contributed by atoms with Gasteiger partial charge in [-0.25, -0.2) is 0 Å². The fourth-order valence-electron chi connectivity index (χ4n) is 3.05. The van der Waals surface area contributed by atoms with Crippen LogP contribution < -0.4 is 5.32 Å². The van der Waals surface area contributed by atoms with Crippen LogP contribution in [0.2, 0.25) is 0 Å². The molecule has 3 heteroatoms. The number of nitrogens with zero attached hydrogens (tertiary/aromatic N) is 1. The number of rotatable bonds is 8. The highest BCUT2D eigenvalue weighted by atomic mass is 16.3. The summed E-state index contributed by atoms with van der Waals surface area (Å²) in [7, 11) is 0. The van der Waals surface area contributed by atoms with Crippen LogP contribution >= 0.6 is 0 Å². The van der Waals surface area contributed by atoms with E-state index in [9.17, 15) is 5.11 Å². The Bertz CT molecular complexity index is 233. The van der Waals surface area contributed by atoms with E-state index in [2.05, 4.69) is 37.9 Å². The molecule has 1 heterocycles. The van der Waals surface area contributed by atoms with Crippen LogP contribution in [0.25, 0.3) is 0 Å². The van der Waals surface area contributed by atoms with Gasteiger partial charge in [-0.05, 0) is 52.6 Å². The van der Waals surface area contributed by atoms with Crippen LogP contribution in [0.1, 0.15) is 59.8 Å². The van der Waals surface area contributed by atoms with Crippen LogP contribution in [0.5, 0.6) is 0 Å². The van der Waals surface area contributed by atoms with Crippen molar-refractivity contribution in [3.05, 3.63) is 0 Å². The van der Waals surface area contributed by atoms with Crippen molar-refractivity contribution in [1.29, 1.82) is 0 Å². The van der Waals surface area contributed by atoms with Crippen molar-refractivity contribution in [3.8, 4) is 0 Å². The minimum atomic E-state index is -0.106. The minimum Gasteiger partial charge on any atom is -0.394 e. The summed E-state index contributed by atoms with van der Waals surface area (Å²) >= 11 is 0. The molecule has 108 valence electrons. The summed E-state index contributed by atoms with van der Waals surface area (Å²) in [4.78, 5) is 2.60. The first-order chi connectivity index (χ1) is 8.47. The molecule has 1 aliphatic heterocycles. The molecule has 0 aliphatic carbocycles. The molecule has 1 rings (SSSR count). The lowest BCUT2D eigenvalue weighted by Gasteiger charge is -2.31. The van der Waals surface area contributed by atoms with E-state index in [4.69, 9.17) is 0 Å². The Labute approximate surface area is 113 Å². The van der Waals surface area contributed by atoms with E-state index >= 15 is 0 Å². The predicted octanol–water partition coefficient (Wildman–Crippen LogP) is 2.39. The fraction of sp³-hybridized carbons (Fsp3) is 1.00. The zero-order valence-corrected chi connectivity index (χ0v) is 12.7. The second-order valence-electron chi connectivity index (χ2n) is 6.50. The van der Waals surface area contributed by atoms with E-state index in [1.165, 1.54) is 38.8 Å². The lowest BCUT2D eigenvalue weighted by molar-refractivity contribution is 0.151. The lowest BCUT2D eigenvalue weighted by Crippen LogP contribution is -2.49. The molecule has 0 bridgehead atoms. The number of aliphatic hydroxyl groups is 1. The van der Waals surface area contributed by atoms with E-state index in [0.29, 0.717) is 6.04 Å². The molecule has 1 saturated heterocycles. The Balaban J connectivity index is 2.19. The van der Waals surface area contributed by atoms with Gasteiger partial charge in [0.05, 0.1) is 6.61 Å². The molecule has 0 aromatic rings. The first-order valence-corrected chi connectivity index (χ1v) is 7.59. The van der Waals surface area contributed by atoms with Gasteiger partial charge >= 0.3 is 0 Å². The maximum atomic E-state index is 9.51. The number of hydrogen-bond acceptors (Lipinski definition) is 3. The third kappa shape index (κ3) is 5.25. The van der Waals surface area contributed by atoms with Gasteiger partial charge in [0.25, 0.3) is 0 Å². The summed E-state index contributed by atoms with van der Waals surface area (Å²) in [5.74, 6) is 0. The van der Waals surface area contributed by atoms with Gasteiger partial charge in [-0.15, -0.1) is 0 Å². The number of nitrogens with one attached hydrogen (secondary N) is 1. The summed E-state index contributed by atoms with van der Waals surface area (Å²) in [5, 5.41) is 13.0. The predicted molar refractivity (Wildman–Crippen MR) is 77.9 cm³/mol. The van der Waals surface area contributed by atoms with E-state index < -0.39 is 0 Å². The van der Waals surface area contributed by atoms with E-state index in [0.717, 1.165) is 12.5 Å². The molecule has 0 saturated carbocycles. The van der Waals surface area contributed by atoms with Crippen LogP contribution in [0.15, 0.2) is 0 Å². The topological polar surface area (TPSA) is 35.5 Å². The summed E-state index contributed by atoms with van der Waals surface area (Å²) in [6, 6.07) is 1.21. The molecular weight excluding hydrogens is 224 g/mol. The maximum Gasteiger partial charge on any atom is 0.0610 e. The van der Waals surface area contributed by atoms with Crippen LogP contribution in [0, 0.1) is 0 Å². The van der Waals surface area contributed by atoms with Crippen LogP contribution in [0.3, 0.4) is 0 Å². The number of unbranched alkanes of at least 4 members (excludes halogenated alkanes) is 1. The molecule has 18 heavy (non-hydrogen) atoms. The summed E-state index contributed by atoms with van der Waals surface area (Å²) in [6.07, 6.45) is 6.23. The number of hydrogen-bond donors (Lipinski definition) is 2. The Hall–Kier alpha value is -0.120. The smallest absolute Gasteiger partial charge is 0.0610 e. The molecule has 0 radical (unpaired) electrons. The summed E-state index contributed by atoms with van der Waals surface area (Å²) in [6.45, 7) is 11.5. The Morgan fingerprint density at radius 3 is 2.61 bits per heavy atom. The SMILES string of the molecule is CC(C)NC(C)(CO)CCCCN1CCCC1C. The van der Waals surface area contributed by atoms with Gasteiger partial charge in [0.1, 0.15) is 0 Å². The quantitative estimate of drug-likeness (QED) is 0.655. The number of likely N-dealkylation sites (tertiary alicyclic amines) is 1. The first kappa shape index (κ1) is 15.9. The van der Waals surface area contributed by atoms with Crippen molar-refractivity contribution in [2.24, 2.45) is 0 Å². The van der Waals surface area contributed by atoms with Gasteiger partial charge in [-0.2, -0.15) is 0 Å². The van der Waals surface area contributed by atoms with Gasteiger partial charge in [-0.1, -0.05) is 20.3 Å². The number of aliphatic hydroxyl groups excluding tert-OH is 1. The molecule has 1 fully saturated rings. The van der Waals surface area contributed by atoms with Gasteiger partial charge in [0.2, 0.25) is 0 Å². The molecule has 0 amide bonds. The largest absolute Gasteiger partial charge is 0.394 e. The highest BCUT2D eigenvalue weighted by Crippen LogP contribution is 2.19. The average molecular weight is 256 g/mol. The molecule has 2 atom stereocenters. The molecule has 2 unspecified atom stereocenters. The van der Waals surface area contributed by atoms with Crippen molar-refractivity contribution in [3.63, 3.8) is 0 Å². The Morgan fingerprint density at radius 1 is 1.39 bits per heavy atom. The average Bonchev–Trinajstić information content (AvgIpc) is 2.70. The minimum absolute atomic E-state index is 0.106. The first-order valence-electron chi connectivity index (χ1n) is 7.59. The molecule has 1 aliphatic rings. The standard InChI is InChI=1S/C15H32N2O/c1-13(2)16-15(4,12-18)9-5-6-10-17-11-7-8-14(17)3/h13-14,16,18H,5-12H2,1-4H3. The second kappa shape index (κ2) is 7.46. The monoisotopic (exact) mass is 256 g/mol. The van der Waals surface area contributed by atoms with Crippen LogP contribution in [0.4, 0.5) is 0 Å². The van der Waals surface area contributed by atoms with Crippen molar-refractivity contribution >= 4 is 0 Å². The normalized spacial score (nSPS) is 24.7. The molecule has 0 aromatic carbocycles. The van der Waals surface area contributed by atoms with Gasteiger partial charge in [0, 0.05) is 17.6 Å². The van der Waals surface area contributed by atoms with Crippen molar-refractivity contribution < 1.29 is 5.11 Å².